The second kappa shape index (κ2) is 4.28. The van der Waals surface area contributed by atoms with Gasteiger partial charge in [0, 0.05) is 24.6 Å². The molecule has 0 bridgehead atoms. The number of aromatic nitrogens is 1. The Bertz CT molecular complexity index is 711. The van der Waals surface area contributed by atoms with E-state index in [4.69, 9.17) is 4.74 Å². The van der Waals surface area contributed by atoms with Crippen molar-refractivity contribution in [2.75, 3.05) is 19.7 Å². The first-order chi connectivity index (χ1) is 9.72. The van der Waals surface area contributed by atoms with Crippen LogP contribution in [0.4, 0.5) is 0 Å². The standard InChI is InChI=1S/C14H12N2O3S/c17-13(8-1-2-11-12(3-8)20-7-15-11)16-4-9-6-19-14(18)10(9)5-16/h1-3,7,9-10H,4-6H2/t9-,10-/m1/s1. The van der Waals surface area contributed by atoms with Gasteiger partial charge < -0.3 is 9.64 Å². The minimum absolute atomic E-state index is 0.0116. The van der Waals surface area contributed by atoms with Crippen LogP contribution in [0.2, 0.25) is 0 Å². The maximum atomic E-state index is 12.5. The second-order valence-corrected chi connectivity index (χ2v) is 6.13. The van der Waals surface area contributed by atoms with E-state index in [1.807, 2.05) is 12.1 Å². The summed E-state index contributed by atoms with van der Waals surface area (Å²) in [5.41, 5.74) is 3.35. The summed E-state index contributed by atoms with van der Waals surface area (Å²) in [4.78, 5) is 30.0. The van der Waals surface area contributed by atoms with Crippen LogP contribution in [-0.2, 0) is 9.53 Å². The highest BCUT2D eigenvalue weighted by Crippen LogP contribution is 2.31. The Morgan fingerprint density at radius 2 is 2.30 bits per heavy atom. The highest BCUT2D eigenvalue weighted by Gasteiger charge is 2.45. The Morgan fingerprint density at radius 1 is 1.40 bits per heavy atom. The first kappa shape index (κ1) is 11.8. The van der Waals surface area contributed by atoms with Crippen LogP contribution in [0.3, 0.4) is 0 Å². The van der Waals surface area contributed by atoms with Crippen molar-refractivity contribution in [3.63, 3.8) is 0 Å². The van der Waals surface area contributed by atoms with E-state index in [1.54, 1.807) is 16.5 Å². The highest BCUT2D eigenvalue weighted by molar-refractivity contribution is 7.16. The third kappa shape index (κ3) is 1.71. The number of hydrogen-bond acceptors (Lipinski definition) is 5. The van der Waals surface area contributed by atoms with Crippen molar-refractivity contribution >= 4 is 33.4 Å². The highest BCUT2D eigenvalue weighted by atomic mass is 32.1. The van der Waals surface area contributed by atoms with Gasteiger partial charge in [-0.25, -0.2) is 4.98 Å². The van der Waals surface area contributed by atoms with Crippen LogP contribution in [-0.4, -0.2) is 41.5 Å². The van der Waals surface area contributed by atoms with E-state index >= 15 is 0 Å². The van der Waals surface area contributed by atoms with E-state index in [-0.39, 0.29) is 23.7 Å². The van der Waals surface area contributed by atoms with Crippen LogP contribution in [0.15, 0.2) is 23.7 Å². The zero-order chi connectivity index (χ0) is 13.7. The molecule has 6 heteroatoms. The lowest BCUT2D eigenvalue weighted by Gasteiger charge is -2.17. The fraction of sp³-hybridized carbons (Fsp3) is 0.357. The third-order valence-corrected chi connectivity index (χ3v) is 4.84. The van der Waals surface area contributed by atoms with Crippen LogP contribution in [0, 0.1) is 11.8 Å². The summed E-state index contributed by atoms with van der Waals surface area (Å²) in [6.07, 6.45) is 0. The topological polar surface area (TPSA) is 59.5 Å². The summed E-state index contributed by atoms with van der Waals surface area (Å²) in [6.45, 7) is 1.53. The van der Waals surface area contributed by atoms with E-state index in [0.29, 0.717) is 25.3 Å². The number of rotatable bonds is 1. The average molecular weight is 288 g/mol. The number of hydrogen-bond donors (Lipinski definition) is 0. The quantitative estimate of drug-likeness (QED) is 0.747. The molecule has 2 aliphatic rings. The molecule has 102 valence electrons. The van der Waals surface area contributed by atoms with Gasteiger partial charge in [0.15, 0.2) is 0 Å². The average Bonchev–Trinajstić information content (AvgIpc) is 3.14. The van der Waals surface area contributed by atoms with Gasteiger partial charge in [-0.05, 0) is 18.2 Å². The predicted octanol–water partition coefficient (Wildman–Crippen LogP) is 1.54. The molecule has 0 spiro atoms. The second-order valence-electron chi connectivity index (χ2n) is 5.24. The van der Waals surface area contributed by atoms with Gasteiger partial charge in [0.2, 0.25) is 0 Å². The predicted molar refractivity (Wildman–Crippen MR) is 73.5 cm³/mol. The lowest BCUT2D eigenvalue weighted by atomic mass is 10.0. The van der Waals surface area contributed by atoms with Gasteiger partial charge in [0.05, 0.1) is 28.3 Å². The number of esters is 1. The van der Waals surface area contributed by atoms with Crippen molar-refractivity contribution in [1.82, 2.24) is 9.88 Å². The van der Waals surface area contributed by atoms with Gasteiger partial charge in [-0.1, -0.05) is 0 Å². The maximum Gasteiger partial charge on any atom is 0.311 e. The molecule has 0 unspecified atom stereocenters. The van der Waals surface area contributed by atoms with Gasteiger partial charge in [-0.3, -0.25) is 9.59 Å². The fourth-order valence-electron chi connectivity index (χ4n) is 2.94. The number of benzene rings is 1. The van der Waals surface area contributed by atoms with E-state index in [2.05, 4.69) is 4.98 Å². The van der Waals surface area contributed by atoms with E-state index in [9.17, 15) is 9.59 Å². The number of likely N-dealkylation sites (tertiary alicyclic amines) is 1. The first-order valence-corrected chi connectivity index (χ1v) is 7.39. The molecule has 2 aromatic rings. The summed E-state index contributed by atoms with van der Waals surface area (Å²) in [5.74, 6) is -0.143. The van der Waals surface area contributed by atoms with Crippen LogP contribution < -0.4 is 0 Å². The number of thiazole rings is 1. The summed E-state index contributed by atoms with van der Waals surface area (Å²) in [6, 6.07) is 5.54. The molecule has 1 amide bonds. The fourth-order valence-corrected chi connectivity index (χ4v) is 3.66. The van der Waals surface area contributed by atoms with Crippen LogP contribution in [0.25, 0.3) is 10.2 Å². The molecule has 1 aromatic heterocycles. The molecular weight excluding hydrogens is 276 g/mol. The summed E-state index contributed by atoms with van der Waals surface area (Å²) < 4.78 is 6.03. The molecule has 0 N–H and O–H groups in total. The molecule has 20 heavy (non-hydrogen) atoms. The van der Waals surface area contributed by atoms with E-state index in [0.717, 1.165) is 10.2 Å². The molecule has 0 saturated carbocycles. The monoisotopic (exact) mass is 288 g/mol. The van der Waals surface area contributed by atoms with Gasteiger partial charge in [-0.15, -0.1) is 11.3 Å². The van der Waals surface area contributed by atoms with Crippen molar-refractivity contribution in [1.29, 1.82) is 0 Å². The summed E-state index contributed by atoms with van der Waals surface area (Å²) in [7, 11) is 0. The Labute approximate surface area is 119 Å². The van der Waals surface area contributed by atoms with Crippen molar-refractivity contribution < 1.29 is 14.3 Å². The molecule has 0 radical (unpaired) electrons. The lowest BCUT2D eigenvalue weighted by molar-refractivity contribution is -0.141. The molecule has 0 aliphatic carbocycles. The molecule has 2 saturated heterocycles. The Kier molecular flexibility index (Phi) is 2.53. The van der Waals surface area contributed by atoms with E-state index in [1.165, 1.54) is 11.3 Å². The molecule has 5 nitrogen and oxygen atoms in total. The number of fused-ring (bicyclic) bond motifs is 2. The molecule has 2 atom stereocenters. The van der Waals surface area contributed by atoms with Gasteiger partial charge in [0.25, 0.3) is 5.91 Å². The lowest BCUT2D eigenvalue weighted by Crippen LogP contribution is -2.30. The normalized spacial score (nSPS) is 25.0. The zero-order valence-corrected chi connectivity index (χ0v) is 11.4. The van der Waals surface area contributed by atoms with Crippen molar-refractivity contribution in [3.8, 4) is 0 Å². The SMILES string of the molecule is O=C1OC[C@H]2CN(C(=O)c3ccc4ncsc4c3)C[C@@H]12. The number of nitrogens with zero attached hydrogens (tertiary/aromatic N) is 2. The van der Waals surface area contributed by atoms with E-state index < -0.39 is 0 Å². The number of ether oxygens (including phenoxy) is 1. The van der Waals surface area contributed by atoms with Crippen molar-refractivity contribution in [3.05, 3.63) is 29.3 Å². The van der Waals surface area contributed by atoms with Crippen molar-refractivity contribution in [2.45, 2.75) is 0 Å². The minimum Gasteiger partial charge on any atom is -0.465 e. The molecule has 2 aliphatic heterocycles. The summed E-state index contributed by atoms with van der Waals surface area (Å²) >= 11 is 1.52. The van der Waals surface area contributed by atoms with Crippen LogP contribution >= 0.6 is 11.3 Å². The number of carbonyl (C=O) groups is 2. The molecule has 1 aromatic carbocycles. The molecule has 2 fully saturated rings. The van der Waals surface area contributed by atoms with Crippen LogP contribution in [0.5, 0.6) is 0 Å². The van der Waals surface area contributed by atoms with Crippen molar-refractivity contribution in [2.24, 2.45) is 11.8 Å². The Hall–Kier alpha value is -1.95. The zero-order valence-electron chi connectivity index (χ0n) is 10.6. The Morgan fingerprint density at radius 3 is 3.15 bits per heavy atom. The minimum atomic E-state index is -0.164. The van der Waals surface area contributed by atoms with Gasteiger partial charge in [0.1, 0.15) is 0 Å². The number of carbonyl (C=O) groups excluding carboxylic acids is 2. The number of cyclic esters (lactones) is 1. The van der Waals surface area contributed by atoms with Gasteiger partial charge >= 0.3 is 5.97 Å². The largest absolute Gasteiger partial charge is 0.465 e. The maximum absolute atomic E-state index is 12.5. The van der Waals surface area contributed by atoms with Crippen LogP contribution in [0.1, 0.15) is 10.4 Å². The van der Waals surface area contributed by atoms with Gasteiger partial charge in [-0.2, -0.15) is 0 Å². The number of amides is 1. The summed E-state index contributed by atoms with van der Waals surface area (Å²) in [5, 5.41) is 0. The first-order valence-electron chi connectivity index (χ1n) is 6.51. The molecular formula is C14H12N2O3S. The Balaban J connectivity index is 1.59. The molecule has 4 rings (SSSR count). The third-order valence-electron chi connectivity index (χ3n) is 4.05. The molecule has 3 heterocycles. The smallest absolute Gasteiger partial charge is 0.311 e.